The molecule has 14 heavy (non-hydrogen) atoms. The smallest absolute Gasteiger partial charge is 0.00612 e. The second-order valence-corrected chi connectivity index (χ2v) is 5.07. The van der Waals surface area contributed by atoms with E-state index in [0.29, 0.717) is 0 Å². The van der Waals surface area contributed by atoms with Crippen LogP contribution < -0.4 is 0 Å². The number of hydrogen-bond donors (Lipinski definition) is 0. The van der Waals surface area contributed by atoms with Gasteiger partial charge in [-0.1, -0.05) is 46.0 Å². The molecule has 1 heteroatoms. The Morgan fingerprint density at radius 2 is 2.14 bits per heavy atom. The Balaban J connectivity index is 2.07. The van der Waals surface area contributed by atoms with Crippen molar-refractivity contribution in [2.45, 2.75) is 52.4 Å². The molecule has 1 rings (SSSR count). The molecular weight excluding hydrogens is 188 g/mol. The fraction of sp³-hybridized carbons (Fsp3) is 0.692. The lowest BCUT2D eigenvalue weighted by molar-refractivity contribution is 0.487. The molecular formula is C13H22S. The van der Waals surface area contributed by atoms with Gasteiger partial charge in [-0.2, -0.15) is 11.3 Å². The van der Waals surface area contributed by atoms with Gasteiger partial charge >= 0.3 is 0 Å². The molecule has 1 atom stereocenters. The zero-order valence-corrected chi connectivity index (χ0v) is 10.3. The number of rotatable bonds is 7. The van der Waals surface area contributed by atoms with Gasteiger partial charge in [-0.05, 0) is 34.7 Å². The first-order valence-electron chi connectivity index (χ1n) is 5.84. The van der Waals surface area contributed by atoms with Gasteiger partial charge in [0.2, 0.25) is 0 Å². The third-order valence-corrected chi connectivity index (χ3v) is 3.45. The fourth-order valence-corrected chi connectivity index (χ4v) is 2.51. The van der Waals surface area contributed by atoms with E-state index in [-0.39, 0.29) is 0 Å². The predicted molar refractivity (Wildman–Crippen MR) is 65.9 cm³/mol. The van der Waals surface area contributed by atoms with E-state index in [1.807, 2.05) is 11.3 Å². The SMILES string of the molecule is CCCCCC[C@@H](C)Cc1ccsc1. The van der Waals surface area contributed by atoms with Crippen molar-refractivity contribution in [1.29, 1.82) is 0 Å². The standard InChI is InChI=1S/C13H22S/c1-3-4-5-6-7-12(2)10-13-8-9-14-11-13/h8-9,11-12H,3-7,10H2,1-2H3/t12-/m1/s1. The lowest BCUT2D eigenvalue weighted by Crippen LogP contribution is -1.98. The van der Waals surface area contributed by atoms with Crippen molar-refractivity contribution < 1.29 is 0 Å². The maximum Gasteiger partial charge on any atom is -0.00612 e. The summed E-state index contributed by atoms with van der Waals surface area (Å²) in [5.74, 6) is 0.862. The molecule has 0 fully saturated rings. The largest absolute Gasteiger partial charge is 0.152 e. The van der Waals surface area contributed by atoms with Crippen LogP contribution >= 0.6 is 11.3 Å². The van der Waals surface area contributed by atoms with E-state index in [1.54, 1.807) is 0 Å². The molecule has 0 spiro atoms. The van der Waals surface area contributed by atoms with Gasteiger partial charge in [0.05, 0.1) is 0 Å². The van der Waals surface area contributed by atoms with Crippen LogP contribution in [0.3, 0.4) is 0 Å². The zero-order valence-electron chi connectivity index (χ0n) is 9.46. The number of unbranched alkanes of at least 4 members (excludes halogenated alkanes) is 3. The van der Waals surface area contributed by atoms with Crippen molar-refractivity contribution in [3.05, 3.63) is 22.4 Å². The summed E-state index contributed by atoms with van der Waals surface area (Å²) in [7, 11) is 0. The quantitative estimate of drug-likeness (QED) is 0.562. The van der Waals surface area contributed by atoms with Crippen LogP contribution in [-0.2, 0) is 6.42 Å². The summed E-state index contributed by atoms with van der Waals surface area (Å²) in [5, 5.41) is 4.46. The molecule has 0 amide bonds. The minimum Gasteiger partial charge on any atom is -0.152 e. The molecule has 0 nitrogen and oxygen atoms in total. The summed E-state index contributed by atoms with van der Waals surface area (Å²) in [6, 6.07) is 2.26. The molecule has 0 unspecified atom stereocenters. The third kappa shape index (κ3) is 4.80. The minimum absolute atomic E-state index is 0.862. The van der Waals surface area contributed by atoms with Gasteiger partial charge < -0.3 is 0 Å². The molecule has 0 saturated carbocycles. The van der Waals surface area contributed by atoms with E-state index in [4.69, 9.17) is 0 Å². The Labute approximate surface area is 92.4 Å². The van der Waals surface area contributed by atoms with Crippen LogP contribution in [-0.4, -0.2) is 0 Å². The van der Waals surface area contributed by atoms with Crippen LogP contribution in [0.15, 0.2) is 16.8 Å². The monoisotopic (exact) mass is 210 g/mol. The lowest BCUT2D eigenvalue weighted by Gasteiger charge is -2.09. The fourth-order valence-electron chi connectivity index (χ4n) is 1.83. The molecule has 0 N–H and O–H groups in total. The first-order valence-corrected chi connectivity index (χ1v) is 6.78. The van der Waals surface area contributed by atoms with Gasteiger partial charge in [0.1, 0.15) is 0 Å². The second-order valence-electron chi connectivity index (χ2n) is 4.29. The van der Waals surface area contributed by atoms with Crippen molar-refractivity contribution in [1.82, 2.24) is 0 Å². The maximum absolute atomic E-state index is 2.38. The van der Waals surface area contributed by atoms with Crippen LogP contribution in [0.1, 0.15) is 51.5 Å². The maximum atomic E-state index is 2.38. The molecule has 0 radical (unpaired) electrons. The summed E-state index contributed by atoms with van der Waals surface area (Å²) < 4.78 is 0. The van der Waals surface area contributed by atoms with Crippen molar-refractivity contribution >= 4 is 11.3 Å². The molecule has 0 bridgehead atoms. The highest BCUT2D eigenvalue weighted by atomic mass is 32.1. The van der Waals surface area contributed by atoms with Crippen molar-refractivity contribution in [2.75, 3.05) is 0 Å². The third-order valence-electron chi connectivity index (χ3n) is 2.71. The Hall–Kier alpha value is -0.300. The highest BCUT2D eigenvalue weighted by molar-refractivity contribution is 7.07. The number of thiophene rings is 1. The molecule has 0 saturated heterocycles. The Morgan fingerprint density at radius 1 is 1.29 bits per heavy atom. The minimum atomic E-state index is 0.862. The molecule has 80 valence electrons. The molecule has 0 aromatic carbocycles. The summed E-state index contributed by atoms with van der Waals surface area (Å²) in [4.78, 5) is 0. The molecule has 1 aromatic heterocycles. The normalized spacial score (nSPS) is 13.0. The van der Waals surface area contributed by atoms with E-state index >= 15 is 0 Å². The van der Waals surface area contributed by atoms with Crippen LogP contribution in [0, 0.1) is 5.92 Å². The van der Waals surface area contributed by atoms with E-state index in [2.05, 4.69) is 30.7 Å². The molecule has 1 aromatic rings. The van der Waals surface area contributed by atoms with E-state index in [0.717, 1.165) is 5.92 Å². The van der Waals surface area contributed by atoms with E-state index in [9.17, 15) is 0 Å². The average molecular weight is 210 g/mol. The van der Waals surface area contributed by atoms with E-state index < -0.39 is 0 Å². The zero-order chi connectivity index (χ0) is 10.2. The first kappa shape index (κ1) is 11.8. The Morgan fingerprint density at radius 3 is 2.79 bits per heavy atom. The predicted octanol–water partition coefficient (Wildman–Crippen LogP) is 4.90. The van der Waals surface area contributed by atoms with Crippen LogP contribution in [0.2, 0.25) is 0 Å². The molecule has 0 aliphatic carbocycles. The number of hydrogen-bond acceptors (Lipinski definition) is 1. The van der Waals surface area contributed by atoms with Gasteiger partial charge in [0, 0.05) is 0 Å². The second kappa shape index (κ2) is 7.05. The topological polar surface area (TPSA) is 0 Å². The first-order chi connectivity index (χ1) is 6.83. The van der Waals surface area contributed by atoms with Gasteiger partial charge in [0.25, 0.3) is 0 Å². The van der Waals surface area contributed by atoms with Crippen molar-refractivity contribution in [3.63, 3.8) is 0 Å². The molecule has 0 aliphatic heterocycles. The summed E-state index contributed by atoms with van der Waals surface area (Å²) in [6.07, 6.45) is 8.26. The Bertz CT molecular complexity index is 213. The van der Waals surface area contributed by atoms with Gasteiger partial charge in [-0.25, -0.2) is 0 Å². The average Bonchev–Trinajstić information content (AvgIpc) is 2.65. The van der Waals surface area contributed by atoms with Crippen LogP contribution in [0.5, 0.6) is 0 Å². The van der Waals surface area contributed by atoms with Crippen molar-refractivity contribution in [2.24, 2.45) is 5.92 Å². The Kier molecular flexibility index (Phi) is 5.93. The van der Waals surface area contributed by atoms with Crippen molar-refractivity contribution in [3.8, 4) is 0 Å². The van der Waals surface area contributed by atoms with E-state index in [1.165, 1.54) is 44.1 Å². The lowest BCUT2D eigenvalue weighted by atomic mass is 9.97. The molecule has 0 aliphatic rings. The molecule has 1 heterocycles. The van der Waals surface area contributed by atoms with Crippen LogP contribution in [0.25, 0.3) is 0 Å². The summed E-state index contributed by atoms with van der Waals surface area (Å²) in [6.45, 7) is 4.65. The summed E-state index contributed by atoms with van der Waals surface area (Å²) in [5.41, 5.74) is 1.53. The van der Waals surface area contributed by atoms with Gasteiger partial charge in [0.15, 0.2) is 0 Å². The highest BCUT2D eigenvalue weighted by Gasteiger charge is 2.03. The summed E-state index contributed by atoms with van der Waals surface area (Å²) >= 11 is 1.81. The van der Waals surface area contributed by atoms with Gasteiger partial charge in [-0.3, -0.25) is 0 Å². The highest BCUT2D eigenvalue weighted by Crippen LogP contribution is 2.17. The van der Waals surface area contributed by atoms with Gasteiger partial charge in [-0.15, -0.1) is 0 Å². The van der Waals surface area contributed by atoms with Crippen LogP contribution in [0.4, 0.5) is 0 Å².